The minimum Gasteiger partial charge on any atom is -0.481 e. The van der Waals surface area contributed by atoms with Crippen LogP contribution in [0.25, 0.3) is 0 Å². The fourth-order valence-electron chi connectivity index (χ4n) is 3.01. The Labute approximate surface area is 101 Å². The minimum atomic E-state index is -0.741. The molecule has 17 heavy (non-hydrogen) atoms. The highest BCUT2D eigenvalue weighted by atomic mass is 16.5. The van der Waals surface area contributed by atoms with E-state index in [4.69, 9.17) is 9.84 Å². The molecule has 0 unspecified atom stereocenters. The number of carboxylic acid groups (broad SMARTS) is 1. The van der Waals surface area contributed by atoms with E-state index in [0.29, 0.717) is 0 Å². The molecule has 1 fully saturated rings. The maximum absolute atomic E-state index is 10.9. The zero-order valence-electron chi connectivity index (χ0n) is 10.1. The largest absolute Gasteiger partial charge is 0.481 e. The quantitative estimate of drug-likeness (QED) is 0.871. The lowest BCUT2D eigenvalue weighted by atomic mass is 9.82. The first-order valence-corrected chi connectivity index (χ1v) is 6.01. The van der Waals surface area contributed by atoms with Crippen molar-refractivity contribution in [3.05, 3.63) is 35.9 Å². The van der Waals surface area contributed by atoms with Crippen molar-refractivity contribution in [2.45, 2.75) is 31.3 Å². The van der Waals surface area contributed by atoms with Crippen LogP contribution in [-0.4, -0.2) is 18.2 Å². The second-order valence-electron chi connectivity index (χ2n) is 4.65. The summed E-state index contributed by atoms with van der Waals surface area (Å²) in [6.07, 6.45) is 3.05. The molecule has 1 saturated carbocycles. The average Bonchev–Trinajstić information content (AvgIpc) is 2.73. The van der Waals surface area contributed by atoms with Gasteiger partial charge in [0.25, 0.3) is 0 Å². The summed E-state index contributed by atoms with van der Waals surface area (Å²) in [6, 6.07) is 9.99. The molecule has 3 nitrogen and oxygen atoms in total. The van der Waals surface area contributed by atoms with Crippen LogP contribution in [0.15, 0.2) is 30.3 Å². The van der Waals surface area contributed by atoms with Gasteiger partial charge in [-0.2, -0.15) is 0 Å². The Morgan fingerprint density at radius 1 is 1.47 bits per heavy atom. The van der Waals surface area contributed by atoms with Crippen molar-refractivity contribution in [2.75, 3.05) is 7.11 Å². The average molecular weight is 234 g/mol. The predicted molar refractivity (Wildman–Crippen MR) is 64.7 cm³/mol. The summed E-state index contributed by atoms with van der Waals surface area (Å²) in [6.45, 7) is 0. The molecule has 1 N–H and O–H groups in total. The molecule has 0 spiro atoms. The van der Waals surface area contributed by atoms with Crippen molar-refractivity contribution in [1.82, 2.24) is 0 Å². The number of rotatable bonds is 4. The van der Waals surface area contributed by atoms with Crippen LogP contribution < -0.4 is 0 Å². The smallest absolute Gasteiger partial charge is 0.303 e. The number of ether oxygens (including phenoxy) is 1. The number of carbonyl (C=O) groups is 1. The molecule has 0 heterocycles. The first-order valence-electron chi connectivity index (χ1n) is 6.01. The molecule has 1 aliphatic rings. The monoisotopic (exact) mass is 234 g/mol. The molecule has 0 aromatic heterocycles. The minimum absolute atomic E-state index is 0.0763. The van der Waals surface area contributed by atoms with Crippen LogP contribution >= 0.6 is 0 Å². The predicted octanol–water partition coefficient (Wildman–Crippen LogP) is 2.80. The first-order chi connectivity index (χ1) is 8.19. The van der Waals surface area contributed by atoms with E-state index >= 15 is 0 Å². The molecule has 0 radical (unpaired) electrons. The summed E-state index contributed by atoms with van der Waals surface area (Å²) in [5.74, 6) is -0.665. The van der Waals surface area contributed by atoms with E-state index in [9.17, 15) is 4.79 Å². The van der Waals surface area contributed by atoms with E-state index in [2.05, 4.69) is 0 Å². The fraction of sp³-hybridized carbons (Fsp3) is 0.500. The van der Waals surface area contributed by atoms with E-state index in [1.807, 2.05) is 30.3 Å². The van der Waals surface area contributed by atoms with Gasteiger partial charge in [0.15, 0.2) is 0 Å². The van der Waals surface area contributed by atoms with Crippen molar-refractivity contribution >= 4 is 5.97 Å². The summed E-state index contributed by atoms with van der Waals surface area (Å²) >= 11 is 0. The molecule has 92 valence electrons. The maximum atomic E-state index is 10.9. The highest BCUT2D eigenvalue weighted by Gasteiger charge is 2.45. The first kappa shape index (κ1) is 12.1. The number of benzene rings is 1. The van der Waals surface area contributed by atoms with Crippen LogP contribution in [-0.2, 0) is 15.1 Å². The molecule has 2 rings (SSSR count). The van der Waals surface area contributed by atoms with Gasteiger partial charge in [0, 0.05) is 13.0 Å². The van der Waals surface area contributed by atoms with Crippen molar-refractivity contribution in [1.29, 1.82) is 0 Å². The van der Waals surface area contributed by atoms with Crippen molar-refractivity contribution < 1.29 is 14.6 Å². The summed E-state index contributed by atoms with van der Waals surface area (Å²) in [4.78, 5) is 10.9. The van der Waals surface area contributed by atoms with Crippen molar-refractivity contribution in [2.24, 2.45) is 5.92 Å². The van der Waals surface area contributed by atoms with E-state index in [-0.39, 0.29) is 12.3 Å². The highest BCUT2D eigenvalue weighted by molar-refractivity contribution is 5.67. The lowest BCUT2D eigenvalue weighted by Crippen LogP contribution is -2.34. The Morgan fingerprint density at radius 2 is 2.18 bits per heavy atom. The molecule has 1 aromatic carbocycles. The number of aliphatic carboxylic acids is 1. The molecule has 0 aliphatic heterocycles. The Bertz CT molecular complexity index is 388. The molecule has 1 aromatic rings. The molecule has 3 heteroatoms. The van der Waals surface area contributed by atoms with Crippen molar-refractivity contribution in [3.63, 3.8) is 0 Å². The van der Waals surface area contributed by atoms with E-state index in [0.717, 1.165) is 24.8 Å². The third kappa shape index (κ3) is 2.20. The molecule has 0 amide bonds. The van der Waals surface area contributed by atoms with Crippen LogP contribution in [0.1, 0.15) is 31.2 Å². The van der Waals surface area contributed by atoms with Gasteiger partial charge in [-0.25, -0.2) is 0 Å². The van der Waals surface area contributed by atoms with Gasteiger partial charge >= 0.3 is 5.97 Å². The number of hydrogen-bond acceptors (Lipinski definition) is 2. The summed E-state index contributed by atoms with van der Waals surface area (Å²) in [7, 11) is 1.69. The summed E-state index contributed by atoms with van der Waals surface area (Å²) < 4.78 is 5.74. The van der Waals surface area contributed by atoms with Gasteiger partial charge < -0.3 is 9.84 Å². The van der Waals surface area contributed by atoms with Gasteiger partial charge in [-0.3, -0.25) is 4.79 Å². The second-order valence-corrected chi connectivity index (χ2v) is 4.65. The summed E-state index contributed by atoms with van der Waals surface area (Å²) in [5.41, 5.74) is 0.700. The maximum Gasteiger partial charge on any atom is 0.303 e. The van der Waals surface area contributed by atoms with Gasteiger partial charge in [-0.05, 0) is 24.8 Å². The highest BCUT2D eigenvalue weighted by Crippen LogP contribution is 2.47. The Kier molecular flexibility index (Phi) is 3.48. The molecule has 1 aliphatic carbocycles. The molecular weight excluding hydrogens is 216 g/mol. The van der Waals surface area contributed by atoms with Crippen molar-refractivity contribution in [3.8, 4) is 0 Å². The lowest BCUT2D eigenvalue weighted by Gasteiger charge is -2.34. The topological polar surface area (TPSA) is 46.5 Å². The third-order valence-electron chi connectivity index (χ3n) is 3.81. The van der Waals surface area contributed by atoms with Gasteiger partial charge in [0.2, 0.25) is 0 Å². The van der Waals surface area contributed by atoms with Crippen LogP contribution in [0.3, 0.4) is 0 Å². The Hall–Kier alpha value is -1.35. The van der Waals surface area contributed by atoms with E-state index in [1.54, 1.807) is 7.11 Å². The van der Waals surface area contributed by atoms with Gasteiger partial charge in [0.1, 0.15) is 0 Å². The SMILES string of the molecule is CO[C@]1(c2ccccc2)CCC[C@@H]1CC(=O)O. The second kappa shape index (κ2) is 4.88. The Balaban J connectivity index is 2.32. The molecular formula is C14H18O3. The van der Waals surface area contributed by atoms with Crippen LogP contribution in [0.5, 0.6) is 0 Å². The molecule has 0 saturated heterocycles. The fourth-order valence-corrected chi connectivity index (χ4v) is 3.01. The zero-order chi connectivity index (χ0) is 12.3. The van der Waals surface area contributed by atoms with Crippen LogP contribution in [0.2, 0.25) is 0 Å². The van der Waals surface area contributed by atoms with Crippen LogP contribution in [0.4, 0.5) is 0 Å². The lowest BCUT2D eigenvalue weighted by molar-refractivity contribution is -0.141. The van der Waals surface area contributed by atoms with Crippen LogP contribution in [0, 0.1) is 5.92 Å². The van der Waals surface area contributed by atoms with Gasteiger partial charge in [-0.1, -0.05) is 30.3 Å². The van der Waals surface area contributed by atoms with E-state index < -0.39 is 11.6 Å². The molecule has 2 atom stereocenters. The number of hydrogen-bond donors (Lipinski definition) is 1. The third-order valence-corrected chi connectivity index (χ3v) is 3.81. The molecule has 0 bridgehead atoms. The Morgan fingerprint density at radius 3 is 2.76 bits per heavy atom. The zero-order valence-corrected chi connectivity index (χ0v) is 10.1. The van der Waals surface area contributed by atoms with E-state index in [1.165, 1.54) is 0 Å². The number of carboxylic acids is 1. The normalized spacial score (nSPS) is 28.2. The number of methoxy groups -OCH3 is 1. The van der Waals surface area contributed by atoms with Gasteiger partial charge in [-0.15, -0.1) is 0 Å². The van der Waals surface area contributed by atoms with Gasteiger partial charge in [0.05, 0.1) is 12.0 Å². The standard InChI is InChI=1S/C14H18O3/c1-17-14(11-6-3-2-4-7-11)9-5-8-12(14)10-13(15)16/h2-4,6-7,12H,5,8-10H2,1H3,(H,15,16)/t12-,14+/m1/s1. The summed E-state index contributed by atoms with van der Waals surface area (Å²) in [5, 5.41) is 8.99.